The van der Waals surface area contributed by atoms with Gasteiger partial charge in [0, 0.05) is 37.8 Å². The number of aryl methyl sites for hydroxylation is 1. The molecular formula is C41H56N3O6+. The van der Waals surface area contributed by atoms with Gasteiger partial charge in [0.05, 0.1) is 44.6 Å². The lowest BCUT2D eigenvalue weighted by atomic mass is 9.80. The fourth-order valence-corrected chi connectivity index (χ4v) is 8.68. The van der Waals surface area contributed by atoms with Crippen LogP contribution in [0.3, 0.4) is 0 Å². The number of phenols is 1. The van der Waals surface area contributed by atoms with Crippen LogP contribution >= 0.6 is 0 Å². The van der Waals surface area contributed by atoms with E-state index < -0.39 is 11.7 Å². The highest BCUT2D eigenvalue weighted by molar-refractivity contribution is 5.75. The van der Waals surface area contributed by atoms with Crippen LogP contribution in [0, 0.1) is 18.8 Å². The summed E-state index contributed by atoms with van der Waals surface area (Å²) in [7, 11) is 0. The number of anilines is 1. The zero-order valence-corrected chi connectivity index (χ0v) is 29.7. The number of phenolic OH excluding ortho intramolecular Hbond substituents is 1. The Morgan fingerprint density at radius 1 is 1.00 bits per heavy atom. The van der Waals surface area contributed by atoms with Gasteiger partial charge in [-0.05, 0) is 73.1 Å². The number of carbonyl (C=O) groups is 1. The van der Waals surface area contributed by atoms with Gasteiger partial charge in [0.1, 0.15) is 29.7 Å². The molecule has 4 aliphatic rings. The van der Waals surface area contributed by atoms with E-state index in [2.05, 4.69) is 48.7 Å². The molecule has 0 radical (unpaired) electrons. The second kappa shape index (κ2) is 16.3. The Bertz CT molecular complexity index is 1560. The first kappa shape index (κ1) is 36.3. The molecule has 9 nitrogen and oxygen atoms in total. The number of aromatic hydroxyl groups is 1. The van der Waals surface area contributed by atoms with Crippen molar-refractivity contribution in [2.24, 2.45) is 11.8 Å². The van der Waals surface area contributed by atoms with Crippen molar-refractivity contribution < 1.29 is 34.1 Å². The number of hydrogen-bond acceptors (Lipinski definition) is 7. The summed E-state index contributed by atoms with van der Waals surface area (Å²) in [6, 6.07) is 21.1. The standard InChI is InChI=1S/C41H55N3O6/c1-29-23-32(30(2)42-25-38(47)33-13-15-37(46)36(24-33)43-28-45)14-16-39(29)49-22-8-19-44-20-17-31(18-21-44)40(26-44)50-27-41(48,35-11-6-7-12-35)34-9-4-3-5-10-34/h3-5,9-10,13-16,23-24,28,30-31,35,38,40,42,47-48H,6-8,11-12,17-22,25-27H2,1-2H3,(H-,43,45,46)/p+1/t30?,31?,38-,40-,41?,44?/m0/s1. The minimum atomic E-state index is -0.917. The second-order valence-corrected chi connectivity index (χ2v) is 15.1. The largest absolute Gasteiger partial charge is 0.506 e. The number of aliphatic hydroxyl groups is 2. The van der Waals surface area contributed by atoms with Gasteiger partial charge < -0.3 is 39.9 Å². The minimum absolute atomic E-state index is 0.00284. The molecule has 270 valence electrons. The third-order valence-electron chi connectivity index (χ3n) is 11.8. The first-order valence-electron chi connectivity index (χ1n) is 18.6. The summed E-state index contributed by atoms with van der Waals surface area (Å²) < 4.78 is 14.1. The van der Waals surface area contributed by atoms with E-state index in [0.29, 0.717) is 37.6 Å². The normalized spacial score (nSPS) is 24.4. The van der Waals surface area contributed by atoms with Crippen LogP contribution in [0.25, 0.3) is 0 Å². The smallest absolute Gasteiger partial charge is 0.211 e. The summed E-state index contributed by atoms with van der Waals surface area (Å²) in [6.07, 6.45) is 7.75. The fourth-order valence-electron chi connectivity index (χ4n) is 8.68. The summed E-state index contributed by atoms with van der Waals surface area (Å²) >= 11 is 0. The maximum Gasteiger partial charge on any atom is 0.211 e. The highest BCUT2D eigenvalue weighted by Crippen LogP contribution is 2.43. The minimum Gasteiger partial charge on any atom is -0.506 e. The quantitative estimate of drug-likeness (QED) is 0.0502. The molecule has 0 aromatic heterocycles. The van der Waals surface area contributed by atoms with Crippen molar-refractivity contribution in [2.45, 2.75) is 82.6 Å². The molecule has 1 amide bonds. The van der Waals surface area contributed by atoms with E-state index in [1.165, 1.54) is 44.8 Å². The number of amides is 1. The Kier molecular flexibility index (Phi) is 11.8. The van der Waals surface area contributed by atoms with E-state index in [9.17, 15) is 20.1 Å². The number of hydrogen-bond donors (Lipinski definition) is 5. The predicted octanol–water partition coefficient (Wildman–Crippen LogP) is 6.13. The topological polar surface area (TPSA) is 120 Å². The summed E-state index contributed by atoms with van der Waals surface area (Å²) in [4.78, 5) is 10.8. The Hall–Kier alpha value is -3.47. The van der Waals surface area contributed by atoms with E-state index in [0.717, 1.165) is 59.3 Å². The maximum atomic E-state index is 12.0. The molecule has 3 heterocycles. The zero-order valence-electron chi connectivity index (χ0n) is 29.7. The van der Waals surface area contributed by atoms with Crippen molar-refractivity contribution in [3.63, 3.8) is 0 Å². The lowest BCUT2D eigenvalue weighted by molar-refractivity contribution is -0.946. The highest BCUT2D eigenvalue weighted by Gasteiger charge is 2.48. The number of rotatable bonds is 17. The molecule has 4 atom stereocenters. The molecule has 7 rings (SSSR count). The predicted molar refractivity (Wildman–Crippen MR) is 195 cm³/mol. The summed E-state index contributed by atoms with van der Waals surface area (Å²) in [5.74, 6) is 1.69. The molecule has 4 fully saturated rings. The van der Waals surface area contributed by atoms with Crippen LogP contribution in [0.4, 0.5) is 5.69 Å². The molecule has 50 heavy (non-hydrogen) atoms. The van der Waals surface area contributed by atoms with Gasteiger partial charge in [-0.1, -0.05) is 61.4 Å². The lowest BCUT2D eigenvalue weighted by Gasteiger charge is -2.53. The van der Waals surface area contributed by atoms with Crippen molar-refractivity contribution >= 4 is 12.1 Å². The van der Waals surface area contributed by atoms with Crippen molar-refractivity contribution in [3.8, 4) is 11.5 Å². The van der Waals surface area contributed by atoms with E-state index >= 15 is 0 Å². The van der Waals surface area contributed by atoms with Crippen LogP contribution in [-0.2, 0) is 15.1 Å². The fraction of sp³-hybridized carbons (Fsp3) is 0.537. The van der Waals surface area contributed by atoms with Crippen molar-refractivity contribution in [1.29, 1.82) is 0 Å². The second-order valence-electron chi connectivity index (χ2n) is 15.1. The Balaban J connectivity index is 0.971. The maximum absolute atomic E-state index is 12.0. The van der Waals surface area contributed by atoms with Gasteiger partial charge >= 0.3 is 0 Å². The third-order valence-corrected chi connectivity index (χ3v) is 11.8. The molecule has 2 unspecified atom stereocenters. The SMILES string of the molecule is Cc1cc(C(C)NC[C@H](O)c2ccc(O)c(NC=O)c2)ccc1OCCC[N+]12CCC(CC1)[C@@H](OCC(O)(c1ccccc1)C1CCCC1)C2. The lowest BCUT2D eigenvalue weighted by Crippen LogP contribution is -2.65. The zero-order chi connectivity index (χ0) is 35.1. The first-order chi connectivity index (χ1) is 24.2. The number of carbonyl (C=O) groups excluding carboxylic acids is 1. The van der Waals surface area contributed by atoms with Gasteiger partial charge in [-0.3, -0.25) is 4.79 Å². The highest BCUT2D eigenvalue weighted by atomic mass is 16.5. The van der Waals surface area contributed by atoms with Crippen LogP contribution < -0.4 is 15.4 Å². The number of piperidine rings is 3. The monoisotopic (exact) mass is 686 g/mol. The van der Waals surface area contributed by atoms with Crippen LogP contribution in [0.2, 0.25) is 0 Å². The number of nitrogens with zero attached hydrogens (tertiary/aromatic N) is 1. The number of fused-ring (bicyclic) bond motifs is 3. The van der Waals surface area contributed by atoms with Crippen LogP contribution in [0.5, 0.6) is 11.5 Å². The van der Waals surface area contributed by atoms with Crippen molar-refractivity contribution in [2.75, 3.05) is 51.3 Å². The van der Waals surface area contributed by atoms with E-state index in [-0.39, 0.29) is 29.5 Å². The average molecular weight is 687 g/mol. The summed E-state index contributed by atoms with van der Waals surface area (Å²) in [6.45, 7) is 9.99. The number of quaternary nitrogens is 1. The van der Waals surface area contributed by atoms with E-state index in [1.807, 2.05) is 24.3 Å². The van der Waals surface area contributed by atoms with E-state index in [4.69, 9.17) is 9.47 Å². The third kappa shape index (κ3) is 8.35. The summed E-state index contributed by atoms with van der Waals surface area (Å²) in [5.41, 5.74) is 3.12. The molecule has 9 heteroatoms. The van der Waals surface area contributed by atoms with Crippen LogP contribution in [-0.4, -0.2) is 78.3 Å². The molecule has 5 N–H and O–H groups in total. The van der Waals surface area contributed by atoms with Gasteiger partial charge in [-0.25, -0.2) is 0 Å². The van der Waals surface area contributed by atoms with Crippen LogP contribution in [0.15, 0.2) is 66.7 Å². The van der Waals surface area contributed by atoms with Crippen LogP contribution in [0.1, 0.15) is 86.3 Å². The molecule has 3 saturated heterocycles. The molecular weight excluding hydrogens is 630 g/mol. The molecule has 2 bridgehead atoms. The van der Waals surface area contributed by atoms with Gasteiger partial charge in [0.15, 0.2) is 0 Å². The summed E-state index contributed by atoms with van der Waals surface area (Å²) in [5, 5.41) is 38.5. The Labute approximate surface area is 297 Å². The number of nitrogens with one attached hydrogen (secondary N) is 2. The van der Waals surface area contributed by atoms with Crippen molar-refractivity contribution in [1.82, 2.24) is 5.32 Å². The number of ether oxygens (including phenoxy) is 2. The molecule has 1 aliphatic carbocycles. The van der Waals surface area contributed by atoms with Gasteiger partial charge in [-0.15, -0.1) is 0 Å². The molecule has 3 aliphatic heterocycles. The molecule has 1 saturated carbocycles. The van der Waals surface area contributed by atoms with E-state index in [1.54, 1.807) is 12.1 Å². The number of aliphatic hydroxyl groups excluding tert-OH is 1. The molecule has 3 aromatic carbocycles. The molecule has 0 spiro atoms. The van der Waals surface area contributed by atoms with Gasteiger partial charge in [0.2, 0.25) is 6.41 Å². The molecule has 3 aromatic rings. The van der Waals surface area contributed by atoms with Crippen molar-refractivity contribution in [3.05, 3.63) is 89.0 Å². The first-order valence-corrected chi connectivity index (χ1v) is 18.6. The average Bonchev–Trinajstić information content (AvgIpc) is 3.70. The Morgan fingerprint density at radius 3 is 2.46 bits per heavy atom. The van der Waals surface area contributed by atoms with Gasteiger partial charge in [-0.2, -0.15) is 0 Å². The number of benzene rings is 3. The van der Waals surface area contributed by atoms with Gasteiger partial charge in [0.25, 0.3) is 0 Å². The Morgan fingerprint density at radius 2 is 1.74 bits per heavy atom.